The van der Waals surface area contributed by atoms with Crippen LogP contribution in [0.4, 0.5) is 4.79 Å². The van der Waals surface area contributed by atoms with Gasteiger partial charge in [0, 0.05) is 38.1 Å². The van der Waals surface area contributed by atoms with Crippen molar-refractivity contribution in [2.24, 2.45) is 0 Å². The molecule has 0 radical (unpaired) electrons. The molecular weight excluding hydrogens is 380 g/mol. The second-order valence-corrected chi connectivity index (χ2v) is 8.18. The molecule has 27 heavy (non-hydrogen) atoms. The molecule has 0 spiro atoms. The quantitative estimate of drug-likeness (QED) is 0.496. The summed E-state index contributed by atoms with van der Waals surface area (Å²) in [5.41, 5.74) is 0. The van der Waals surface area contributed by atoms with Crippen molar-refractivity contribution in [3.63, 3.8) is 0 Å². The Balaban J connectivity index is 1.41. The Bertz CT molecular complexity index is 811. The van der Waals surface area contributed by atoms with Crippen LogP contribution in [0, 0.1) is 0 Å². The second kappa shape index (κ2) is 6.98. The third kappa shape index (κ3) is 3.91. The predicted octanol–water partition coefficient (Wildman–Crippen LogP) is -0.762. The number of amides is 2. The highest BCUT2D eigenvalue weighted by Gasteiger charge is 2.49. The van der Waals surface area contributed by atoms with Gasteiger partial charge in [-0.2, -0.15) is 13.5 Å². The van der Waals surface area contributed by atoms with Gasteiger partial charge in [0.1, 0.15) is 6.04 Å². The zero-order valence-corrected chi connectivity index (χ0v) is 15.6. The van der Waals surface area contributed by atoms with Gasteiger partial charge < -0.3 is 20.0 Å². The first kappa shape index (κ1) is 18.6. The fraction of sp³-hybridized carbons (Fsp3) is 0.786. The van der Waals surface area contributed by atoms with Crippen LogP contribution in [0.2, 0.25) is 0 Å². The fourth-order valence-corrected chi connectivity index (χ4v) is 4.09. The highest BCUT2D eigenvalue weighted by molar-refractivity contribution is 7.80. The Hall–Kier alpha value is -1.80. The summed E-state index contributed by atoms with van der Waals surface area (Å²) < 4.78 is 40.9. The van der Waals surface area contributed by atoms with Gasteiger partial charge in [0.15, 0.2) is 0 Å². The first-order chi connectivity index (χ1) is 12.8. The van der Waals surface area contributed by atoms with E-state index < -0.39 is 28.5 Å². The minimum absolute atomic E-state index is 0.174. The van der Waals surface area contributed by atoms with Crippen LogP contribution < -0.4 is 10.6 Å². The van der Waals surface area contributed by atoms with Gasteiger partial charge in [0.05, 0.1) is 6.04 Å². The number of hydrogen-bond donors (Lipinski definition) is 3. The molecule has 4 rings (SSSR count). The van der Waals surface area contributed by atoms with Crippen LogP contribution in [0.25, 0.3) is 0 Å². The summed E-state index contributed by atoms with van der Waals surface area (Å²) in [4.78, 5) is 13.9. The molecule has 1 aromatic heterocycles. The van der Waals surface area contributed by atoms with Crippen LogP contribution in [-0.4, -0.2) is 76.9 Å². The first-order valence-corrected chi connectivity index (χ1v) is 10.2. The summed E-state index contributed by atoms with van der Waals surface area (Å²) in [7, 11) is -4.76. The number of piperidine rings is 1. The van der Waals surface area contributed by atoms with Crippen LogP contribution in [0.3, 0.4) is 0 Å². The van der Waals surface area contributed by atoms with Gasteiger partial charge >= 0.3 is 16.4 Å². The Morgan fingerprint density at radius 1 is 1.41 bits per heavy atom. The number of aromatic nitrogens is 2. The lowest BCUT2D eigenvalue weighted by atomic mass is 10.0. The molecule has 3 aliphatic rings. The number of nitrogens with one attached hydrogen (secondary N) is 2. The van der Waals surface area contributed by atoms with E-state index in [1.807, 2.05) is 6.92 Å². The van der Waals surface area contributed by atoms with Crippen LogP contribution in [0.15, 0.2) is 4.42 Å². The van der Waals surface area contributed by atoms with Gasteiger partial charge in [-0.1, -0.05) is 0 Å². The topological polar surface area (TPSA) is 150 Å². The van der Waals surface area contributed by atoms with Crippen molar-refractivity contribution in [1.82, 2.24) is 30.8 Å². The largest absolute Gasteiger partial charge is 0.423 e. The highest BCUT2D eigenvalue weighted by Crippen LogP contribution is 2.38. The van der Waals surface area contributed by atoms with Crippen LogP contribution in [0.1, 0.15) is 37.6 Å². The highest BCUT2D eigenvalue weighted by atomic mass is 32.3. The van der Waals surface area contributed by atoms with E-state index in [2.05, 4.69) is 25.1 Å². The number of fused-ring (bicyclic) bond motifs is 2. The van der Waals surface area contributed by atoms with Gasteiger partial charge in [-0.25, -0.2) is 4.79 Å². The Kier molecular flexibility index (Phi) is 4.80. The maximum Gasteiger partial charge on any atom is 0.418 e. The molecule has 0 aromatic carbocycles. The molecule has 3 saturated heterocycles. The normalized spacial score (nSPS) is 27.1. The number of urea groups is 1. The molecular formula is C14H22N6O6S. The molecule has 13 heteroatoms. The molecule has 2 bridgehead atoms. The van der Waals surface area contributed by atoms with Crippen molar-refractivity contribution >= 4 is 16.4 Å². The Morgan fingerprint density at radius 3 is 2.85 bits per heavy atom. The SMILES string of the molecule is CC(Cc1nnc(C2CCC3CN2C(=O)N3OS(=O)(=O)O)o1)NC1CNC1. The summed E-state index contributed by atoms with van der Waals surface area (Å²) >= 11 is 0. The van der Waals surface area contributed by atoms with E-state index in [4.69, 9.17) is 8.97 Å². The van der Waals surface area contributed by atoms with E-state index in [-0.39, 0.29) is 12.6 Å². The van der Waals surface area contributed by atoms with Crippen molar-refractivity contribution in [1.29, 1.82) is 0 Å². The molecule has 0 aliphatic carbocycles. The Morgan fingerprint density at radius 2 is 2.19 bits per heavy atom. The van der Waals surface area contributed by atoms with E-state index in [0.29, 0.717) is 42.1 Å². The van der Waals surface area contributed by atoms with Gasteiger partial charge in [-0.05, 0) is 19.8 Å². The zero-order valence-electron chi connectivity index (χ0n) is 14.7. The van der Waals surface area contributed by atoms with Crippen LogP contribution >= 0.6 is 0 Å². The van der Waals surface area contributed by atoms with Gasteiger partial charge in [-0.15, -0.1) is 14.5 Å². The molecule has 3 N–H and O–H groups in total. The average Bonchev–Trinajstić information content (AvgIpc) is 3.10. The fourth-order valence-electron chi connectivity index (χ4n) is 3.70. The van der Waals surface area contributed by atoms with E-state index in [1.54, 1.807) is 0 Å². The lowest BCUT2D eigenvalue weighted by Gasteiger charge is -2.30. The molecule has 3 fully saturated rings. The first-order valence-electron chi connectivity index (χ1n) is 8.86. The molecule has 1 aromatic rings. The summed E-state index contributed by atoms with van der Waals surface area (Å²) in [6, 6.07) is -0.906. The summed E-state index contributed by atoms with van der Waals surface area (Å²) in [6.45, 7) is 4.20. The molecule has 2 amide bonds. The van der Waals surface area contributed by atoms with Crippen molar-refractivity contribution in [3.8, 4) is 0 Å². The molecule has 0 saturated carbocycles. The standard InChI is InChI=1S/C14H22N6O6S/c1-8(16-9-5-15-6-9)4-12-17-18-13(25-12)11-3-2-10-7-19(11)14(21)20(10)26-27(22,23)24/h8-11,15-16H,2-7H2,1H3,(H,22,23,24). The van der Waals surface area contributed by atoms with Crippen LogP contribution in [-0.2, 0) is 21.1 Å². The number of hydroxylamine groups is 2. The monoisotopic (exact) mass is 402 g/mol. The molecule has 4 heterocycles. The zero-order chi connectivity index (χ0) is 19.2. The maximum atomic E-state index is 12.4. The van der Waals surface area contributed by atoms with Crippen LogP contribution in [0.5, 0.6) is 0 Å². The van der Waals surface area contributed by atoms with Crippen molar-refractivity contribution in [3.05, 3.63) is 11.8 Å². The molecule has 3 atom stereocenters. The number of hydrogen-bond acceptors (Lipinski definition) is 9. The van der Waals surface area contributed by atoms with E-state index in [9.17, 15) is 13.2 Å². The number of carbonyl (C=O) groups is 1. The average molecular weight is 402 g/mol. The van der Waals surface area contributed by atoms with Crippen molar-refractivity contribution in [2.45, 2.75) is 50.4 Å². The van der Waals surface area contributed by atoms with Gasteiger partial charge in [0.2, 0.25) is 11.8 Å². The smallest absolute Gasteiger partial charge is 0.418 e. The van der Waals surface area contributed by atoms with Crippen molar-refractivity contribution < 1.29 is 26.5 Å². The predicted molar refractivity (Wildman–Crippen MR) is 89.6 cm³/mol. The minimum atomic E-state index is -4.76. The summed E-state index contributed by atoms with van der Waals surface area (Å²) in [5, 5.41) is 15.5. The van der Waals surface area contributed by atoms with Gasteiger partial charge in [-0.3, -0.25) is 4.55 Å². The van der Waals surface area contributed by atoms with Crippen molar-refractivity contribution in [2.75, 3.05) is 19.6 Å². The summed E-state index contributed by atoms with van der Waals surface area (Å²) in [5.74, 6) is 0.806. The molecule has 12 nitrogen and oxygen atoms in total. The third-order valence-electron chi connectivity index (χ3n) is 5.05. The molecule has 3 unspecified atom stereocenters. The molecule has 3 aliphatic heterocycles. The number of rotatable bonds is 7. The summed E-state index contributed by atoms with van der Waals surface area (Å²) in [6.07, 6.45) is 1.60. The van der Waals surface area contributed by atoms with E-state index in [0.717, 1.165) is 13.1 Å². The van der Waals surface area contributed by atoms with Gasteiger partial charge in [0.25, 0.3) is 0 Å². The lowest BCUT2D eigenvalue weighted by Crippen LogP contribution is -2.57. The molecule has 150 valence electrons. The van der Waals surface area contributed by atoms with E-state index in [1.165, 1.54) is 4.90 Å². The lowest BCUT2D eigenvalue weighted by molar-refractivity contribution is -0.0317. The number of nitrogens with zero attached hydrogens (tertiary/aromatic N) is 4. The van der Waals surface area contributed by atoms with E-state index >= 15 is 0 Å². The maximum absolute atomic E-state index is 12.4. The number of carbonyl (C=O) groups excluding carboxylic acids is 1. The Labute approximate surface area is 156 Å². The third-order valence-corrected chi connectivity index (χ3v) is 5.40. The minimum Gasteiger partial charge on any atom is -0.423 e. The second-order valence-electron chi connectivity index (χ2n) is 7.17.